The van der Waals surface area contributed by atoms with Crippen LogP contribution in [-0.2, 0) is 6.54 Å². The molecule has 0 radical (unpaired) electrons. The van der Waals surface area contributed by atoms with Crippen molar-refractivity contribution in [1.29, 1.82) is 0 Å². The number of hydrogen-bond donors (Lipinski definition) is 1. The van der Waals surface area contributed by atoms with Crippen LogP contribution < -0.4 is 10.2 Å². The van der Waals surface area contributed by atoms with Crippen LogP contribution in [0.1, 0.15) is 35.8 Å². The molecular formula is C19H22ClN3O. The van der Waals surface area contributed by atoms with Gasteiger partial charge < -0.3 is 10.2 Å². The molecule has 1 saturated heterocycles. The summed E-state index contributed by atoms with van der Waals surface area (Å²) in [5, 5.41) is 3.52. The maximum absolute atomic E-state index is 12.2. The van der Waals surface area contributed by atoms with Crippen LogP contribution in [0.15, 0.2) is 42.6 Å². The molecular weight excluding hydrogens is 322 g/mol. The molecule has 0 bridgehead atoms. The second-order valence-electron chi connectivity index (χ2n) is 6.37. The van der Waals surface area contributed by atoms with E-state index in [1.807, 2.05) is 30.3 Å². The highest BCUT2D eigenvalue weighted by molar-refractivity contribution is 6.31. The van der Waals surface area contributed by atoms with Gasteiger partial charge in [-0.25, -0.2) is 4.98 Å². The smallest absolute Gasteiger partial charge is 0.270 e. The molecule has 126 valence electrons. The summed E-state index contributed by atoms with van der Waals surface area (Å²) in [4.78, 5) is 18.9. The number of benzene rings is 1. The van der Waals surface area contributed by atoms with Crippen molar-refractivity contribution in [3.8, 4) is 0 Å². The topological polar surface area (TPSA) is 45.2 Å². The fourth-order valence-corrected chi connectivity index (χ4v) is 3.24. The Morgan fingerprint density at radius 2 is 2.17 bits per heavy atom. The molecule has 1 amide bonds. The third-order valence-corrected chi connectivity index (χ3v) is 4.77. The van der Waals surface area contributed by atoms with Crippen LogP contribution in [0.5, 0.6) is 0 Å². The van der Waals surface area contributed by atoms with Gasteiger partial charge in [-0.1, -0.05) is 36.7 Å². The average Bonchev–Trinajstić information content (AvgIpc) is 2.61. The Morgan fingerprint density at radius 1 is 1.33 bits per heavy atom. The third kappa shape index (κ3) is 4.06. The van der Waals surface area contributed by atoms with Gasteiger partial charge in [0, 0.05) is 24.7 Å². The summed E-state index contributed by atoms with van der Waals surface area (Å²) in [7, 11) is 0. The first-order valence-corrected chi connectivity index (χ1v) is 8.74. The van der Waals surface area contributed by atoms with Crippen LogP contribution in [0.2, 0.25) is 5.02 Å². The Balaban J connectivity index is 1.60. The van der Waals surface area contributed by atoms with E-state index in [9.17, 15) is 4.79 Å². The molecule has 3 rings (SSSR count). The zero-order valence-corrected chi connectivity index (χ0v) is 14.6. The number of nitrogens with one attached hydrogen (secondary N) is 1. The van der Waals surface area contributed by atoms with Crippen LogP contribution in [-0.4, -0.2) is 24.0 Å². The highest BCUT2D eigenvalue weighted by Gasteiger charge is 2.17. The lowest BCUT2D eigenvalue weighted by atomic mass is 10.00. The minimum Gasteiger partial charge on any atom is -0.370 e. The maximum atomic E-state index is 12.2. The molecule has 2 heterocycles. The Kier molecular flexibility index (Phi) is 5.36. The molecule has 1 aromatic heterocycles. The van der Waals surface area contributed by atoms with E-state index in [0.717, 1.165) is 24.3 Å². The zero-order valence-electron chi connectivity index (χ0n) is 13.8. The van der Waals surface area contributed by atoms with Crippen molar-refractivity contribution in [2.75, 3.05) is 18.0 Å². The van der Waals surface area contributed by atoms with Gasteiger partial charge in [0.2, 0.25) is 0 Å². The highest BCUT2D eigenvalue weighted by atomic mass is 35.5. The number of rotatable bonds is 4. The van der Waals surface area contributed by atoms with Crippen LogP contribution in [0.25, 0.3) is 0 Å². The summed E-state index contributed by atoms with van der Waals surface area (Å²) in [6.45, 7) is 4.78. The molecule has 0 aliphatic carbocycles. The first-order chi connectivity index (χ1) is 11.6. The summed E-state index contributed by atoms with van der Waals surface area (Å²) < 4.78 is 0. The van der Waals surface area contributed by atoms with E-state index in [4.69, 9.17) is 11.6 Å². The van der Waals surface area contributed by atoms with Crippen LogP contribution in [0, 0.1) is 5.92 Å². The maximum Gasteiger partial charge on any atom is 0.270 e. The number of nitrogens with zero attached hydrogens (tertiary/aromatic N) is 2. The zero-order chi connectivity index (χ0) is 16.9. The summed E-state index contributed by atoms with van der Waals surface area (Å²) in [5.41, 5.74) is 2.41. The molecule has 4 nitrogen and oxygen atoms in total. The molecule has 1 aliphatic rings. The van der Waals surface area contributed by atoms with E-state index in [2.05, 4.69) is 22.1 Å². The fourth-order valence-electron chi connectivity index (χ4n) is 3.04. The second-order valence-corrected chi connectivity index (χ2v) is 6.78. The van der Waals surface area contributed by atoms with E-state index in [0.29, 0.717) is 23.2 Å². The largest absolute Gasteiger partial charge is 0.370 e. The lowest BCUT2D eigenvalue weighted by Gasteiger charge is -2.32. The monoisotopic (exact) mass is 343 g/mol. The van der Waals surface area contributed by atoms with Gasteiger partial charge in [-0.3, -0.25) is 4.79 Å². The number of amides is 1. The molecule has 1 aliphatic heterocycles. The molecule has 1 unspecified atom stereocenters. The van der Waals surface area contributed by atoms with Gasteiger partial charge in [0.05, 0.1) is 11.9 Å². The van der Waals surface area contributed by atoms with Gasteiger partial charge in [0.15, 0.2) is 0 Å². The first-order valence-electron chi connectivity index (χ1n) is 8.36. The van der Waals surface area contributed by atoms with Crippen LogP contribution >= 0.6 is 11.6 Å². The number of hydrogen-bond acceptors (Lipinski definition) is 3. The lowest BCUT2D eigenvalue weighted by Crippen LogP contribution is -2.34. The number of carbonyl (C=O) groups excluding carboxylic acids is 1. The summed E-state index contributed by atoms with van der Waals surface area (Å²) in [5.74, 6) is 0.519. The van der Waals surface area contributed by atoms with Crippen molar-refractivity contribution in [3.63, 3.8) is 0 Å². The van der Waals surface area contributed by atoms with Crippen molar-refractivity contribution in [3.05, 3.63) is 58.9 Å². The molecule has 24 heavy (non-hydrogen) atoms. The van der Waals surface area contributed by atoms with Crippen LogP contribution in [0.4, 0.5) is 5.69 Å². The average molecular weight is 344 g/mol. The minimum absolute atomic E-state index is 0.187. The number of aromatic nitrogens is 1. The fraction of sp³-hybridized carbons (Fsp3) is 0.368. The van der Waals surface area contributed by atoms with Gasteiger partial charge >= 0.3 is 0 Å². The van der Waals surface area contributed by atoms with Crippen molar-refractivity contribution in [2.45, 2.75) is 26.3 Å². The van der Waals surface area contributed by atoms with E-state index < -0.39 is 0 Å². The van der Waals surface area contributed by atoms with Crippen molar-refractivity contribution in [2.24, 2.45) is 5.92 Å². The molecule has 1 N–H and O–H groups in total. The summed E-state index contributed by atoms with van der Waals surface area (Å²) in [6, 6.07) is 11.3. The molecule has 0 spiro atoms. The first kappa shape index (κ1) is 16.8. The predicted molar refractivity (Wildman–Crippen MR) is 97.5 cm³/mol. The van der Waals surface area contributed by atoms with Crippen LogP contribution in [0.3, 0.4) is 0 Å². The highest BCUT2D eigenvalue weighted by Crippen LogP contribution is 2.22. The number of carbonyl (C=O) groups is 1. The second kappa shape index (κ2) is 7.67. The number of halogens is 1. The number of anilines is 1. The van der Waals surface area contributed by atoms with Crippen molar-refractivity contribution >= 4 is 23.2 Å². The van der Waals surface area contributed by atoms with Gasteiger partial charge in [0.25, 0.3) is 5.91 Å². The van der Waals surface area contributed by atoms with Crippen molar-refractivity contribution in [1.82, 2.24) is 10.3 Å². The molecule has 1 aromatic carbocycles. The molecule has 1 atom stereocenters. The van der Waals surface area contributed by atoms with E-state index >= 15 is 0 Å². The SMILES string of the molecule is CC1CCCN(c2ccc(C(=O)NCc3ccccc3Cl)nc2)C1. The molecule has 0 saturated carbocycles. The standard InChI is InChI=1S/C19H22ClN3O/c1-14-5-4-10-23(13-14)16-8-9-18(21-12-16)19(24)22-11-15-6-2-3-7-17(15)20/h2-3,6-9,12,14H,4-5,10-11,13H2,1H3,(H,22,24). The van der Waals surface area contributed by atoms with Gasteiger partial charge in [0.1, 0.15) is 5.69 Å². The quantitative estimate of drug-likeness (QED) is 0.915. The van der Waals surface area contributed by atoms with Crippen molar-refractivity contribution < 1.29 is 4.79 Å². The Morgan fingerprint density at radius 3 is 2.88 bits per heavy atom. The van der Waals surface area contributed by atoms with Gasteiger partial charge in [-0.2, -0.15) is 0 Å². The number of piperidine rings is 1. The van der Waals surface area contributed by atoms with Gasteiger partial charge in [-0.15, -0.1) is 0 Å². The minimum atomic E-state index is -0.187. The third-order valence-electron chi connectivity index (χ3n) is 4.40. The predicted octanol–water partition coefficient (Wildman–Crippen LogP) is 3.90. The summed E-state index contributed by atoms with van der Waals surface area (Å²) >= 11 is 6.10. The molecule has 5 heteroatoms. The van der Waals surface area contributed by atoms with E-state index in [1.54, 1.807) is 12.3 Å². The molecule has 1 fully saturated rings. The Hall–Kier alpha value is -2.07. The summed E-state index contributed by atoms with van der Waals surface area (Å²) in [6.07, 6.45) is 4.29. The number of pyridine rings is 1. The van der Waals surface area contributed by atoms with Gasteiger partial charge in [-0.05, 0) is 42.5 Å². The Bertz CT molecular complexity index is 702. The normalized spacial score (nSPS) is 17.6. The molecule has 2 aromatic rings. The lowest BCUT2D eigenvalue weighted by molar-refractivity contribution is 0.0946. The van der Waals surface area contributed by atoms with E-state index in [-0.39, 0.29) is 5.91 Å². The van der Waals surface area contributed by atoms with E-state index in [1.165, 1.54) is 12.8 Å². The Labute approximate surface area is 147 Å².